The fourth-order valence-electron chi connectivity index (χ4n) is 3.86. The summed E-state index contributed by atoms with van der Waals surface area (Å²) < 4.78 is 48.7. The summed E-state index contributed by atoms with van der Waals surface area (Å²) in [5.74, 6) is -0.842. The standard InChI is InChI=1S/C17H26N6O16P2/c1-6(24)20-10-13(28)11(26)7(4-19-22-18)37-16(10)38-41(33,34)39-40(31,32)35-5-8-12(27)14(29)15(36-8)23-3-2-9(25)21-17(23)30/h2-3,7-8,10-16,26-29H,4-5H2,1H3,(H,20,24)(H,31,32)(H,33,34)(H,21,25,30)/p-2/t7?,8-,10?,11?,12+,13?,14?,15-,16?/m1/s1. The number of azide groups is 1. The lowest BCUT2D eigenvalue weighted by atomic mass is 9.97. The summed E-state index contributed by atoms with van der Waals surface area (Å²) in [5, 5.41) is 46.0. The number of hydrogen-bond donors (Lipinski definition) is 6. The number of phosphoric acid groups is 2. The van der Waals surface area contributed by atoms with Gasteiger partial charge in [0.1, 0.15) is 36.6 Å². The molecule has 2 saturated heterocycles. The van der Waals surface area contributed by atoms with Crippen LogP contribution in [0.15, 0.2) is 27.0 Å². The summed E-state index contributed by atoms with van der Waals surface area (Å²) in [6, 6.07) is -0.871. The third-order valence-corrected chi connectivity index (χ3v) is 8.22. The van der Waals surface area contributed by atoms with Crippen molar-refractivity contribution in [1.82, 2.24) is 14.9 Å². The maximum atomic E-state index is 12.4. The third-order valence-electron chi connectivity index (χ3n) is 5.69. The van der Waals surface area contributed by atoms with E-state index in [1.807, 2.05) is 4.98 Å². The lowest BCUT2D eigenvalue weighted by molar-refractivity contribution is -0.280. The fraction of sp³-hybridized carbons (Fsp3) is 0.706. The molecule has 3 rings (SSSR count). The van der Waals surface area contributed by atoms with Gasteiger partial charge in [-0.1, -0.05) is 5.11 Å². The Morgan fingerprint density at radius 2 is 1.80 bits per heavy atom. The topological polar surface area (TPSA) is 340 Å². The average Bonchev–Trinajstić information content (AvgIpc) is 3.14. The van der Waals surface area contributed by atoms with E-state index >= 15 is 0 Å². The van der Waals surface area contributed by atoms with Crippen molar-refractivity contribution < 1.29 is 67.0 Å². The summed E-state index contributed by atoms with van der Waals surface area (Å²) >= 11 is 0. The third kappa shape index (κ3) is 8.28. The number of aliphatic hydroxyl groups is 4. The number of nitrogens with zero attached hydrogens (tertiary/aromatic N) is 4. The number of aromatic nitrogens is 2. The fourth-order valence-corrected chi connectivity index (χ4v) is 5.95. The van der Waals surface area contributed by atoms with Crippen LogP contribution in [-0.4, -0.2) is 98.0 Å². The maximum absolute atomic E-state index is 12.4. The van der Waals surface area contributed by atoms with Crippen LogP contribution in [0.1, 0.15) is 13.2 Å². The van der Waals surface area contributed by atoms with Crippen molar-refractivity contribution in [1.29, 1.82) is 0 Å². The van der Waals surface area contributed by atoms with E-state index < -0.39 is 101 Å². The van der Waals surface area contributed by atoms with Gasteiger partial charge >= 0.3 is 5.69 Å². The normalized spacial score (nSPS) is 34.7. The summed E-state index contributed by atoms with van der Waals surface area (Å²) in [5.41, 5.74) is 6.66. The summed E-state index contributed by atoms with van der Waals surface area (Å²) in [6.45, 7) is -0.804. The van der Waals surface area contributed by atoms with Crippen molar-refractivity contribution in [3.8, 4) is 0 Å². The van der Waals surface area contributed by atoms with Crippen molar-refractivity contribution in [2.45, 2.75) is 62.1 Å². The molecule has 2 fully saturated rings. The Balaban J connectivity index is 1.68. The molecule has 0 bridgehead atoms. The number of aromatic amines is 1. The Labute approximate surface area is 227 Å². The van der Waals surface area contributed by atoms with Gasteiger partial charge in [0.25, 0.3) is 21.2 Å². The van der Waals surface area contributed by atoms with Gasteiger partial charge in [0.05, 0.1) is 19.3 Å². The number of carbonyl (C=O) groups excluding carboxylic acids is 1. The minimum Gasteiger partial charge on any atom is -0.756 e. The summed E-state index contributed by atoms with van der Waals surface area (Å²) in [7, 11) is -11.8. The van der Waals surface area contributed by atoms with Gasteiger partial charge in [-0.15, -0.1) is 0 Å². The summed E-state index contributed by atoms with van der Waals surface area (Å²) in [4.78, 5) is 63.6. The Morgan fingerprint density at radius 3 is 2.41 bits per heavy atom. The second-order valence-corrected chi connectivity index (χ2v) is 11.5. The van der Waals surface area contributed by atoms with E-state index in [1.165, 1.54) is 0 Å². The van der Waals surface area contributed by atoms with Crippen LogP contribution in [0.5, 0.6) is 0 Å². The van der Waals surface area contributed by atoms with Crippen molar-refractivity contribution in [2.75, 3.05) is 13.2 Å². The zero-order valence-corrected chi connectivity index (χ0v) is 22.4. The molecular formula is C17H24N6O16P2-2. The molecule has 6 N–H and O–H groups in total. The van der Waals surface area contributed by atoms with E-state index in [9.17, 15) is 53.7 Å². The average molecular weight is 630 g/mol. The number of rotatable bonds is 11. The number of H-pyrrole nitrogens is 1. The molecule has 0 aromatic carbocycles. The lowest BCUT2D eigenvalue weighted by Crippen LogP contribution is -2.64. The molecule has 11 atom stereocenters. The first kappa shape index (κ1) is 33.0. The van der Waals surface area contributed by atoms with Crippen LogP contribution in [0.2, 0.25) is 0 Å². The summed E-state index contributed by atoms with van der Waals surface area (Å²) in [6.07, 6.45) is -13.5. The van der Waals surface area contributed by atoms with Gasteiger partial charge in [-0.05, 0) is 5.53 Å². The molecule has 230 valence electrons. The van der Waals surface area contributed by atoms with Gasteiger partial charge in [-0.25, -0.2) is 9.11 Å². The first-order valence-electron chi connectivity index (χ1n) is 11.3. The van der Waals surface area contributed by atoms with Gasteiger partial charge in [-0.2, -0.15) is 0 Å². The molecule has 22 nitrogen and oxygen atoms in total. The van der Waals surface area contributed by atoms with Gasteiger partial charge in [0.2, 0.25) is 5.91 Å². The maximum Gasteiger partial charge on any atom is 0.330 e. The Morgan fingerprint density at radius 1 is 1.15 bits per heavy atom. The molecule has 0 saturated carbocycles. The Hall–Kier alpha value is -2.52. The zero-order valence-electron chi connectivity index (χ0n) is 20.6. The van der Waals surface area contributed by atoms with Crippen molar-refractivity contribution in [3.05, 3.63) is 43.5 Å². The molecule has 24 heteroatoms. The molecule has 1 aromatic rings. The predicted molar refractivity (Wildman–Crippen MR) is 123 cm³/mol. The number of aliphatic hydroxyl groups excluding tert-OH is 4. The van der Waals surface area contributed by atoms with Gasteiger partial charge in [0.15, 0.2) is 12.5 Å². The monoisotopic (exact) mass is 630 g/mol. The molecule has 2 aliphatic heterocycles. The first-order chi connectivity index (χ1) is 19.0. The molecule has 2 aliphatic rings. The Bertz CT molecular complexity index is 1370. The number of ether oxygens (including phenoxy) is 2. The number of phosphoric ester groups is 2. The number of carbonyl (C=O) groups is 1. The molecule has 41 heavy (non-hydrogen) atoms. The molecule has 0 radical (unpaired) electrons. The number of hydrogen-bond acceptors (Lipinski definition) is 17. The van der Waals surface area contributed by atoms with E-state index in [0.29, 0.717) is 4.57 Å². The SMILES string of the molecule is CC(=O)NC1C(OP(=O)([O-])OP(=O)([O-])OC[C@H]2O[C@@H](n3ccc(=O)[nH]c3=O)C(O)[C@H]2O)OC(CN=[N+]=[N-])C(O)C1O. The second kappa shape index (κ2) is 13.2. The number of amides is 1. The zero-order chi connectivity index (χ0) is 30.7. The van der Waals surface area contributed by atoms with Crippen LogP contribution in [0.4, 0.5) is 0 Å². The highest BCUT2D eigenvalue weighted by Gasteiger charge is 2.47. The van der Waals surface area contributed by atoms with E-state index in [1.54, 1.807) is 0 Å². The first-order valence-corrected chi connectivity index (χ1v) is 14.3. The van der Waals surface area contributed by atoms with Crippen molar-refractivity contribution in [2.24, 2.45) is 5.11 Å². The molecule has 0 spiro atoms. The van der Waals surface area contributed by atoms with Crippen LogP contribution in [0.25, 0.3) is 10.4 Å². The van der Waals surface area contributed by atoms with Crippen molar-refractivity contribution in [3.63, 3.8) is 0 Å². The van der Waals surface area contributed by atoms with Gasteiger partial charge in [-0.3, -0.25) is 32.8 Å². The van der Waals surface area contributed by atoms with Crippen LogP contribution >= 0.6 is 15.6 Å². The highest BCUT2D eigenvalue weighted by molar-refractivity contribution is 7.59. The second-order valence-electron chi connectivity index (χ2n) is 8.60. The van der Waals surface area contributed by atoms with E-state index in [4.69, 9.17) is 15.0 Å². The molecule has 0 aliphatic carbocycles. The minimum absolute atomic E-state index is 0.629. The van der Waals surface area contributed by atoms with E-state index in [0.717, 1.165) is 19.2 Å². The highest BCUT2D eigenvalue weighted by atomic mass is 31.3. The predicted octanol–water partition coefficient (Wildman–Crippen LogP) is -4.60. The largest absolute Gasteiger partial charge is 0.756 e. The Kier molecular flexibility index (Phi) is 10.6. The van der Waals surface area contributed by atoms with Crippen LogP contribution in [0, 0.1) is 0 Å². The molecule has 8 unspecified atom stereocenters. The van der Waals surface area contributed by atoms with Crippen molar-refractivity contribution >= 4 is 21.6 Å². The van der Waals surface area contributed by atoms with E-state index in [2.05, 4.69) is 28.7 Å². The van der Waals surface area contributed by atoms with Gasteiger partial charge in [0, 0.05) is 24.1 Å². The molecule has 3 heterocycles. The highest BCUT2D eigenvalue weighted by Crippen LogP contribution is 2.57. The molecular weight excluding hydrogens is 606 g/mol. The van der Waals surface area contributed by atoms with Crippen LogP contribution < -0.4 is 26.4 Å². The quantitative estimate of drug-likeness (QED) is 0.0579. The van der Waals surface area contributed by atoms with Gasteiger partial charge < -0.3 is 49.5 Å². The molecule has 1 amide bonds. The number of nitrogens with one attached hydrogen (secondary N) is 2. The van der Waals surface area contributed by atoms with E-state index in [-0.39, 0.29) is 0 Å². The van der Waals surface area contributed by atoms with Crippen LogP contribution in [0.3, 0.4) is 0 Å². The smallest absolute Gasteiger partial charge is 0.330 e. The molecule has 1 aromatic heterocycles. The minimum atomic E-state index is -5.98. The lowest BCUT2D eigenvalue weighted by Gasteiger charge is -2.44. The van der Waals surface area contributed by atoms with Crippen LogP contribution in [-0.2, 0) is 36.8 Å².